The van der Waals surface area contributed by atoms with Gasteiger partial charge in [-0.15, -0.1) is 0 Å². The molecule has 1 atom stereocenters. The van der Waals surface area contributed by atoms with Gasteiger partial charge in [-0.2, -0.15) is 0 Å². The molecule has 0 aromatic heterocycles. The van der Waals surface area contributed by atoms with E-state index in [0.29, 0.717) is 24.0 Å². The van der Waals surface area contributed by atoms with Crippen LogP contribution in [0, 0.1) is 6.92 Å². The van der Waals surface area contributed by atoms with E-state index in [2.05, 4.69) is 26.0 Å². The average molecular weight is 379 g/mol. The van der Waals surface area contributed by atoms with Gasteiger partial charge >= 0.3 is 0 Å². The molecular weight excluding hydrogens is 356 g/mol. The van der Waals surface area contributed by atoms with Crippen molar-refractivity contribution in [3.05, 3.63) is 27.7 Å². The van der Waals surface area contributed by atoms with E-state index in [1.807, 2.05) is 27.0 Å². The topological polar surface area (TPSA) is 67.4 Å². The van der Waals surface area contributed by atoms with E-state index in [4.69, 9.17) is 4.74 Å². The molecule has 1 aromatic carbocycles. The largest absolute Gasteiger partial charge is 0.383 e. The second-order valence-corrected chi connectivity index (χ2v) is 7.41. The summed E-state index contributed by atoms with van der Waals surface area (Å²) in [5.41, 5.74) is 1.82. The summed E-state index contributed by atoms with van der Waals surface area (Å²) in [6, 6.07) is 3.42. The Kier molecular flexibility index (Phi) is 7.29. The zero-order valence-corrected chi connectivity index (χ0v) is 15.3. The third-order valence-electron chi connectivity index (χ3n) is 3.13. The Morgan fingerprint density at radius 2 is 2.05 bits per heavy atom. The van der Waals surface area contributed by atoms with Gasteiger partial charge in [0.25, 0.3) is 0 Å². The third-order valence-corrected chi connectivity index (χ3v) is 5.99. The van der Waals surface area contributed by atoms with Crippen molar-refractivity contribution in [1.29, 1.82) is 0 Å². The van der Waals surface area contributed by atoms with Gasteiger partial charge in [-0.25, -0.2) is 13.1 Å². The van der Waals surface area contributed by atoms with Crippen molar-refractivity contribution in [3.8, 4) is 0 Å². The van der Waals surface area contributed by atoms with Crippen molar-refractivity contribution in [1.82, 2.24) is 10.0 Å². The van der Waals surface area contributed by atoms with E-state index >= 15 is 0 Å². The van der Waals surface area contributed by atoms with Crippen molar-refractivity contribution >= 4 is 26.0 Å². The molecule has 0 saturated heterocycles. The molecule has 0 heterocycles. The number of benzene rings is 1. The molecule has 1 rings (SSSR count). The highest BCUT2D eigenvalue weighted by Crippen LogP contribution is 2.27. The number of rotatable bonds is 8. The van der Waals surface area contributed by atoms with E-state index in [0.717, 1.165) is 11.1 Å². The van der Waals surface area contributed by atoms with Crippen LogP contribution in [0.15, 0.2) is 21.5 Å². The quantitative estimate of drug-likeness (QED) is 0.727. The lowest BCUT2D eigenvalue weighted by atomic mass is 10.1. The summed E-state index contributed by atoms with van der Waals surface area (Å²) in [6.07, 6.45) is 0.667. The minimum absolute atomic E-state index is 0.236. The first-order valence-corrected chi connectivity index (χ1v) is 9.08. The molecule has 120 valence electrons. The van der Waals surface area contributed by atoms with Crippen molar-refractivity contribution in [2.45, 2.75) is 37.8 Å². The van der Waals surface area contributed by atoms with Gasteiger partial charge in [0.2, 0.25) is 10.0 Å². The number of nitrogens with one attached hydrogen (secondary N) is 2. The summed E-state index contributed by atoms with van der Waals surface area (Å²) in [5, 5.41) is 3.03. The molecule has 2 N–H and O–H groups in total. The highest BCUT2D eigenvalue weighted by molar-refractivity contribution is 9.10. The smallest absolute Gasteiger partial charge is 0.242 e. The number of hydrogen-bond donors (Lipinski definition) is 2. The van der Waals surface area contributed by atoms with Gasteiger partial charge in [-0.1, -0.05) is 13.0 Å². The lowest BCUT2D eigenvalue weighted by Crippen LogP contribution is -2.37. The third kappa shape index (κ3) is 5.03. The fraction of sp³-hybridized carbons (Fsp3) is 0.571. The van der Waals surface area contributed by atoms with Gasteiger partial charge in [0.05, 0.1) is 11.5 Å². The first kappa shape index (κ1) is 18.6. The van der Waals surface area contributed by atoms with Crippen LogP contribution in [-0.2, 0) is 21.3 Å². The number of methoxy groups -OCH3 is 1. The number of aryl methyl sites for hydroxylation is 1. The molecule has 7 heteroatoms. The van der Waals surface area contributed by atoms with Gasteiger partial charge < -0.3 is 10.1 Å². The Morgan fingerprint density at radius 3 is 2.57 bits per heavy atom. The number of halogens is 1. The molecule has 0 aliphatic heterocycles. The van der Waals surface area contributed by atoms with Crippen LogP contribution in [0.5, 0.6) is 0 Å². The van der Waals surface area contributed by atoms with Crippen molar-refractivity contribution in [3.63, 3.8) is 0 Å². The maximum atomic E-state index is 12.6. The zero-order chi connectivity index (χ0) is 16.0. The monoisotopic (exact) mass is 378 g/mol. The lowest BCUT2D eigenvalue weighted by molar-refractivity contribution is 0.173. The van der Waals surface area contributed by atoms with Crippen molar-refractivity contribution in [2.75, 3.05) is 20.8 Å². The van der Waals surface area contributed by atoms with E-state index in [1.165, 1.54) is 0 Å². The molecule has 0 spiro atoms. The highest BCUT2D eigenvalue weighted by Gasteiger charge is 2.23. The molecule has 1 aromatic rings. The second kappa shape index (κ2) is 8.24. The minimum atomic E-state index is -3.59. The fourth-order valence-electron chi connectivity index (χ4n) is 2.03. The fourth-order valence-corrected chi connectivity index (χ4v) is 4.40. The predicted octanol–water partition coefficient (Wildman–Crippen LogP) is 2.18. The van der Waals surface area contributed by atoms with Crippen LogP contribution in [0.3, 0.4) is 0 Å². The van der Waals surface area contributed by atoms with Crippen LogP contribution in [0.4, 0.5) is 0 Å². The molecule has 0 saturated carbocycles. The average Bonchev–Trinajstić information content (AvgIpc) is 2.42. The van der Waals surface area contributed by atoms with Crippen molar-refractivity contribution < 1.29 is 13.2 Å². The van der Waals surface area contributed by atoms with Crippen LogP contribution in [0.25, 0.3) is 0 Å². The van der Waals surface area contributed by atoms with E-state index < -0.39 is 10.0 Å². The maximum absolute atomic E-state index is 12.6. The van der Waals surface area contributed by atoms with E-state index in [9.17, 15) is 8.42 Å². The maximum Gasteiger partial charge on any atom is 0.242 e. The zero-order valence-electron chi connectivity index (χ0n) is 12.9. The standard InChI is InChI=1S/C14H23BrN2O3S/c1-5-12(9-20-4)17-21(18,19)13-7-11(8-16-3)6-10(2)14(13)15/h6-7,12,16-17H,5,8-9H2,1-4H3. The summed E-state index contributed by atoms with van der Waals surface area (Å²) in [6.45, 7) is 4.77. The number of sulfonamides is 1. The lowest BCUT2D eigenvalue weighted by Gasteiger charge is -2.18. The molecule has 0 radical (unpaired) electrons. The summed E-state index contributed by atoms with van der Waals surface area (Å²) in [4.78, 5) is 0.266. The molecule has 0 fully saturated rings. The van der Waals surface area contributed by atoms with E-state index in [1.54, 1.807) is 13.2 Å². The Labute approximate surface area is 135 Å². The number of hydrogen-bond acceptors (Lipinski definition) is 4. The van der Waals surface area contributed by atoms with Crippen LogP contribution < -0.4 is 10.0 Å². The molecule has 0 aliphatic rings. The first-order valence-electron chi connectivity index (χ1n) is 6.80. The summed E-state index contributed by atoms with van der Waals surface area (Å²) in [5.74, 6) is 0. The molecule has 0 amide bonds. The normalized spacial score (nSPS) is 13.4. The Hall–Kier alpha value is -0.470. The van der Waals surface area contributed by atoms with Crippen molar-refractivity contribution in [2.24, 2.45) is 0 Å². The van der Waals surface area contributed by atoms with Gasteiger partial charge in [0.1, 0.15) is 0 Å². The van der Waals surface area contributed by atoms with E-state index in [-0.39, 0.29) is 10.9 Å². The Bertz CT molecular complexity index is 576. The Morgan fingerprint density at radius 1 is 1.38 bits per heavy atom. The van der Waals surface area contributed by atoms with Gasteiger partial charge in [-0.05, 0) is 53.5 Å². The van der Waals surface area contributed by atoms with Crippen LogP contribution in [0.1, 0.15) is 24.5 Å². The second-order valence-electron chi connectivity index (χ2n) is 4.94. The first-order chi connectivity index (χ1) is 9.85. The molecule has 0 bridgehead atoms. The van der Waals surface area contributed by atoms with Gasteiger partial charge in [-0.3, -0.25) is 0 Å². The molecule has 5 nitrogen and oxygen atoms in total. The van der Waals surface area contributed by atoms with Gasteiger partial charge in [0.15, 0.2) is 0 Å². The summed E-state index contributed by atoms with van der Waals surface area (Å²) < 4.78 is 33.5. The van der Waals surface area contributed by atoms with Gasteiger partial charge in [0, 0.05) is 24.2 Å². The minimum Gasteiger partial charge on any atom is -0.383 e. The predicted molar refractivity (Wildman–Crippen MR) is 87.9 cm³/mol. The number of ether oxygens (including phenoxy) is 1. The van der Waals surface area contributed by atoms with Crippen LogP contribution in [0.2, 0.25) is 0 Å². The van der Waals surface area contributed by atoms with Crippen LogP contribution >= 0.6 is 15.9 Å². The summed E-state index contributed by atoms with van der Waals surface area (Å²) in [7, 11) is -0.203. The SMILES string of the molecule is CCC(COC)NS(=O)(=O)c1cc(CNC)cc(C)c1Br. The van der Waals surface area contributed by atoms with Crippen LogP contribution in [-0.4, -0.2) is 35.2 Å². The summed E-state index contributed by atoms with van der Waals surface area (Å²) >= 11 is 3.38. The molecule has 0 aliphatic carbocycles. The Balaban J connectivity index is 3.17. The highest BCUT2D eigenvalue weighted by atomic mass is 79.9. The molecule has 1 unspecified atom stereocenters. The molecule has 21 heavy (non-hydrogen) atoms. The molecular formula is C14H23BrN2O3S.